The minimum absolute atomic E-state index is 0.0760. The molecule has 0 unspecified atom stereocenters. The summed E-state index contributed by atoms with van der Waals surface area (Å²) >= 11 is 0. The molecule has 4 N–H and O–H groups in total. The SMILES string of the molecule is CC(C)[C@H](NC(=O)[C@@H](NC(=O)c1cnccn1)C1CCCCC1)C(=O)N[C@H]1CN(C(=O)Oc2ccc3c(c2)CCC=C3)C[C@H]1C(=O)O. The second-order valence-electron chi connectivity index (χ2n) is 12.8. The molecule has 2 aromatic rings. The van der Waals surface area contributed by atoms with Crippen LogP contribution in [0.5, 0.6) is 5.75 Å². The molecule has 2 heterocycles. The van der Waals surface area contributed by atoms with E-state index in [4.69, 9.17) is 4.74 Å². The third-order valence-electron chi connectivity index (χ3n) is 9.15. The summed E-state index contributed by atoms with van der Waals surface area (Å²) in [5.41, 5.74) is 2.20. The van der Waals surface area contributed by atoms with Crippen LogP contribution in [-0.2, 0) is 20.8 Å². The Bertz CT molecular complexity index is 1510. The molecular formula is C34H42N6O7. The molecule has 2 fully saturated rings. The van der Waals surface area contributed by atoms with Gasteiger partial charge in [0.15, 0.2) is 0 Å². The second-order valence-corrected chi connectivity index (χ2v) is 12.8. The number of carbonyl (C=O) groups is 5. The molecule has 0 radical (unpaired) electrons. The Labute approximate surface area is 273 Å². The van der Waals surface area contributed by atoms with Crippen molar-refractivity contribution >= 4 is 35.9 Å². The van der Waals surface area contributed by atoms with E-state index in [1.54, 1.807) is 19.9 Å². The average Bonchev–Trinajstić information content (AvgIpc) is 3.50. The van der Waals surface area contributed by atoms with Gasteiger partial charge in [-0.2, -0.15) is 0 Å². The fourth-order valence-electron chi connectivity index (χ4n) is 6.54. The van der Waals surface area contributed by atoms with Gasteiger partial charge in [0, 0.05) is 25.5 Å². The number of ether oxygens (including phenoxy) is 1. The molecule has 0 spiro atoms. The van der Waals surface area contributed by atoms with Crippen LogP contribution in [0, 0.1) is 17.8 Å². The number of aromatic nitrogens is 2. The fraction of sp³-hybridized carbons (Fsp3) is 0.500. The molecule has 0 bridgehead atoms. The molecule has 3 aliphatic rings. The summed E-state index contributed by atoms with van der Waals surface area (Å²) in [4.78, 5) is 74.8. The van der Waals surface area contributed by atoms with E-state index in [-0.39, 0.29) is 30.6 Å². The summed E-state index contributed by atoms with van der Waals surface area (Å²) in [6.07, 6.45) is 13.7. The number of rotatable bonds is 10. The first-order valence-corrected chi connectivity index (χ1v) is 16.3. The zero-order valence-corrected chi connectivity index (χ0v) is 26.7. The number of hydrogen-bond donors (Lipinski definition) is 4. The highest BCUT2D eigenvalue weighted by molar-refractivity contribution is 5.97. The lowest BCUT2D eigenvalue weighted by molar-refractivity contribution is -0.142. The number of likely N-dealkylation sites (tertiary alicyclic amines) is 1. The molecule has 5 rings (SSSR count). The normalized spacial score (nSPS) is 20.5. The number of fused-ring (bicyclic) bond motifs is 1. The van der Waals surface area contributed by atoms with Crippen molar-refractivity contribution in [2.75, 3.05) is 13.1 Å². The lowest BCUT2D eigenvalue weighted by Crippen LogP contribution is -2.59. The lowest BCUT2D eigenvalue weighted by atomic mass is 9.83. The Morgan fingerprint density at radius 3 is 2.49 bits per heavy atom. The minimum atomic E-state index is -1.17. The number of carboxylic acid groups (broad SMARTS) is 1. The van der Waals surface area contributed by atoms with Crippen molar-refractivity contribution in [3.63, 3.8) is 0 Å². The minimum Gasteiger partial charge on any atom is -0.481 e. The highest BCUT2D eigenvalue weighted by Crippen LogP contribution is 2.28. The summed E-state index contributed by atoms with van der Waals surface area (Å²) in [5.74, 6) is -4.00. The Balaban J connectivity index is 1.24. The van der Waals surface area contributed by atoms with E-state index in [9.17, 15) is 29.1 Å². The van der Waals surface area contributed by atoms with E-state index < -0.39 is 53.8 Å². The van der Waals surface area contributed by atoms with Crippen molar-refractivity contribution in [1.82, 2.24) is 30.8 Å². The zero-order chi connectivity index (χ0) is 33.5. The van der Waals surface area contributed by atoms with Gasteiger partial charge in [-0.05, 0) is 60.8 Å². The van der Waals surface area contributed by atoms with Gasteiger partial charge in [0.25, 0.3) is 5.91 Å². The van der Waals surface area contributed by atoms with Crippen LogP contribution < -0.4 is 20.7 Å². The number of nitrogens with one attached hydrogen (secondary N) is 3. The number of benzene rings is 1. The van der Waals surface area contributed by atoms with Crippen LogP contribution in [0.15, 0.2) is 42.9 Å². The Kier molecular flexibility index (Phi) is 10.8. The Morgan fingerprint density at radius 2 is 1.79 bits per heavy atom. The summed E-state index contributed by atoms with van der Waals surface area (Å²) in [6.45, 7) is 3.30. The number of aryl methyl sites for hydroxylation is 1. The van der Waals surface area contributed by atoms with Gasteiger partial charge in [0.05, 0.1) is 18.2 Å². The third kappa shape index (κ3) is 8.32. The lowest BCUT2D eigenvalue weighted by Gasteiger charge is -2.32. The maximum atomic E-state index is 13.7. The summed E-state index contributed by atoms with van der Waals surface area (Å²) in [5, 5.41) is 18.4. The van der Waals surface area contributed by atoms with Gasteiger partial charge >= 0.3 is 12.1 Å². The molecule has 13 nitrogen and oxygen atoms in total. The van der Waals surface area contributed by atoms with Crippen LogP contribution in [-0.4, -0.2) is 81.0 Å². The van der Waals surface area contributed by atoms with E-state index >= 15 is 0 Å². The van der Waals surface area contributed by atoms with Gasteiger partial charge in [-0.15, -0.1) is 0 Å². The largest absolute Gasteiger partial charge is 0.481 e. The fourth-order valence-corrected chi connectivity index (χ4v) is 6.54. The molecule has 1 saturated carbocycles. The first kappa shape index (κ1) is 33.6. The van der Waals surface area contributed by atoms with Crippen molar-refractivity contribution in [1.29, 1.82) is 0 Å². The van der Waals surface area contributed by atoms with Crippen molar-refractivity contribution in [3.05, 3.63) is 59.7 Å². The topological polar surface area (TPSA) is 180 Å². The second kappa shape index (κ2) is 15.2. The standard InChI is InChI=1S/C34H42N6O7/c1-20(2)28(38-32(43)29(22-9-4-3-5-10-22)39-30(41)26-17-35-14-15-36-26)31(42)37-27-19-40(18-25(27)33(44)45)34(46)47-24-13-12-21-8-6-7-11-23(21)16-24/h6,8,12-17,20,22,25,27-29H,3-5,7,9-11,18-19H2,1-2H3,(H,37,42)(H,38,43)(H,39,41)(H,44,45)/t25-,27+,28+,29+/m1/s1. The number of carboxylic acids is 1. The molecule has 1 aromatic carbocycles. The number of aliphatic carboxylic acids is 1. The number of amides is 4. The van der Waals surface area contributed by atoms with Crippen LogP contribution in [0.1, 0.15) is 74.0 Å². The molecular weight excluding hydrogens is 604 g/mol. The molecule has 4 amide bonds. The highest BCUT2D eigenvalue weighted by atomic mass is 16.6. The predicted octanol–water partition coefficient (Wildman–Crippen LogP) is 2.96. The molecule has 4 atom stereocenters. The number of allylic oxidation sites excluding steroid dienone is 1. The summed E-state index contributed by atoms with van der Waals surface area (Å²) < 4.78 is 5.59. The van der Waals surface area contributed by atoms with Crippen molar-refractivity contribution in [2.45, 2.75) is 76.9 Å². The first-order valence-electron chi connectivity index (χ1n) is 16.3. The Hall–Kier alpha value is -4.81. The van der Waals surface area contributed by atoms with E-state index in [1.165, 1.54) is 23.5 Å². The zero-order valence-electron chi connectivity index (χ0n) is 26.7. The number of hydrogen-bond acceptors (Lipinski definition) is 8. The molecule has 250 valence electrons. The van der Waals surface area contributed by atoms with E-state index in [2.05, 4.69) is 32.0 Å². The average molecular weight is 647 g/mol. The van der Waals surface area contributed by atoms with Crippen molar-refractivity contribution < 1.29 is 33.8 Å². The smallest absolute Gasteiger partial charge is 0.415 e. The van der Waals surface area contributed by atoms with Gasteiger partial charge in [-0.25, -0.2) is 9.78 Å². The number of carbonyl (C=O) groups excluding carboxylic acids is 4. The quantitative estimate of drug-likeness (QED) is 0.302. The van der Waals surface area contributed by atoms with Gasteiger partial charge in [-0.3, -0.25) is 24.2 Å². The third-order valence-corrected chi connectivity index (χ3v) is 9.15. The van der Waals surface area contributed by atoms with Gasteiger partial charge in [0.2, 0.25) is 11.8 Å². The van der Waals surface area contributed by atoms with Crippen molar-refractivity contribution in [2.24, 2.45) is 17.8 Å². The van der Waals surface area contributed by atoms with Gasteiger partial charge in [0.1, 0.15) is 23.5 Å². The monoisotopic (exact) mass is 646 g/mol. The summed E-state index contributed by atoms with van der Waals surface area (Å²) in [7, 11) is 0. The molecule has 1 saturated heterocycles. The van der Waals surface area contributed by atoms with Crippen LogP contribution in [0.4, 0.5) is 4.79 Å². The first-order chi connectivity index (χ1) is 22.6. The van der Waals surface area contributed by atoms with Crippen molar-refractivity contribution in [3.8, 4) is 5.75 Å². The maximum Gasteiger partial charge on any atom is 0.415 e. The van der Waals surface area contributed by atoms with E-state index in [0.29, 0.717) is 5.75 Å². The maximum absolute atomic E-state index is 13.7. The van der Waals surface area contributed by atoms with Crippen LogP contribution in [0.25, 0.3) is 6.08 Å². The molecule has 47 heavy (non-hydrogen) atoms. The van der Waals surface area contributed by atoms with E-state index in [1.807, 2.05) is 18.2 Å². The van der Waals surface area contributed by atoms with E-state index in [0.717, 1.165) is 56.1 Å². The number of nitrogens with zero attached hydrogens (tertiary/aromatic N) is 3. The Morgan fingerprint density at radius 1 is 1.00 bits per heavy atom. The van der Waals surface area contributed by atoms with Crippen LogP contribution in [0.3, 0.4) is 0 Å². The van der Waals surface area contributed by atoms with Gasteiger partial charge < -0.3 is 30.7 Å². The molecule has 1 aromatic heterocycles. The summed E-state index contributed by atoms with van der Waals surface area (Å²) in [6, 6.07) is 2.55. The highest BCUT2D eigenvalue weighted by Gasteiger charge is 2.43. The molecule has 1 aliphatic heterocycles. The molecule has 13 heteroatoms. The van der Waals surface area contributed by atoms with Gasteiger partial charge in [-0.1, -0.05) is 51.3 Å². The molecule has 2 aliphatic carbocycles. The predicted molar refractivity (Wildman–Crippen MR) is 171 cm³/mol. The van der Waals surface area contributed by atoms with Crippen LogP contribution >= 0.6 is 0 Å². The van der Waals surface area contributed by atoms with Crippen LogP contribution in [0.2, 0.25) is 0 Å².